The van der Waals surface area contributed by atoms with Gasteiger partial charge in [0.2, 0.25) is 6.10 Å². The second-order valence-electron chi connectivity index (χ2n) is 7.36. The average molecular weight is 461 g/mol. The molecule has 1 aromatic heterocycles. The smallest absolute Gasteiger partial charge is 0.317 e. The van der Waals surface area contributed by atoms with Crippen LogP contribution in [0.25, 0.3) is 10.9 Å². The van der Waals surface area contributed by atoms with Gasteiger partial charge in [0.15, 0.2) is 0 Å². The molecular weight excluding hydrogens is 439 g/mol. The number of amides is 1. The normalized spacial score (nSPS) is 11.7. The van der Waals surface area contributed by atoms with Gasteiger partial charge in [0, 0.05) is 16.6 Å². The minimum atomic E-state index is -1.14. The molecule has 0 fully saturated rings. The molecule has 5 nitrogen and oxygen atoms in total. The monoisotopic (exact) mass is 460 g/mol. The zero-order valence-electron chi connectivity index (χ0n) is 17.8. The van der Waals surface area contributed by atoms with Gasteiger partial charge in [0.05, 0.1) is 16.3 Å². The number of fused-ring (bicyclic) bond motifs is 1. The number of carbonyl (C=O) groups is 2. The zero-order valence-corrected chi connectivity index (χ0v) is 18.6. The molecule has 3 aromatic carbocycles. The summed E-state index contributed by atoms with van der Waals surface area (Å²) in [4.78, 5) is 30.1. The zero-order chi connectivity index (χ0) is 23.2. The quantitative estimate of drug-likeness (QED) is 0.283. The van der Waals surface area contributed by atoms with Crippen molar-refractivity contribution in [3.05, 3.63) is 102 Å². The lowest BCUT2D eigenvalue weighted by Gasteiger charge is -2.18. The Balaban J connectivity index is 1.46. The lowest BCUT2D eigenvalue weighted by atomic mass is 10.1. The molecule has 4 aromatic rings. The number of pyridine rings is 1. The third kappa shape index (κ3) is 5.75. The van der Waals surface area contributed by atoms with E-state index in [4.69, 9.17) is 4.74 Å². The van der Waals surface area contributed by atoms with Crippen LogP contribution >= 0.6 is 11.8 Å². The number of hydrogen-bond donors (Lipinski definition) is 1. The van der Waals surface area contributed by atoms with Crippen LogP contribution < -0.4 is 5.32 Å². The number of ether oxygens (including phenoxy) is 1. The molecule has 7 heteroatoms. The van der Waals surface area contributed by atoms with Gasteiger partial charge in [0.25, 0.3) is 5.91 Å². The number of aryl methyl sites for hydroxylation is 1. The molecule has 33 heavy (non-hydrogen) atoms. The van der Waals surface area contributed by atoms with E-state index in [9.17, 15) is 14.0 Å². The third-order valence-electron chi connectivity index (χ3n) is 4.94. The van der Waals surface area contributed by atoms with Crippen molar-refractivity contribution in [2.75, 3.05) is 11.1 Å². The van der Waals surface area contributed by atoms with E-state index < -0.39 is 23.8 Å². The number of nitrogens with zero attached hydrogens (tertiary/aromatic N) is 1. The van der Waals surface area contributed by atoms with Gasteiger partial charge in [-0.05, 0) is 48.9 Å². The van der Waals surface area contributed by atoms with Gasteiger partial charge in [-0.2, -0.15) is 0 Å². The maximum atomic E-state index is 13.2. The Bertz CT molecular complexity index is 1280. The molecule has 0 saturated heterocycles. The number of hydrogen-bond acceptors (Lipinski definition) is 5. The largest absolute Gasteiger partial charge is 0.447 e. The van der Waals surface area contributed by atoms with Gasteiger partial charge in [-0.3, -0.25) is 9.59 Å². The van der Waals surface area contributed by atoms with E-state index in [1.165, 1.54) is 36.0 Å². The molecule has 0 saturated carbocycles. The third-order valence-corrected chi connectivity index (χ3v) is 5.82. The first-order valence-corrected chi connectivity index (χ1v) is 11.3. The summed E-state index contributed by atoms with van der Waals surface area (Å²) in [6, 6.07) is 23.9. The molecule has 166 valence electrons. The summed E-state index contributed by atoms with van der Waals surface area (Å²) in [7, 11) is 0. The van der Waals surface area contributed by atoms with Crippen LogP contribution in [-0.2, 0) is 14.3 Å². The van der Waals surface area contributed by atoms with Crippen molar-refractivity contribution in [3.63, 3.8) is 0 Å². The molecule has 1 heterocycles. The van der Waals surface area contributed by atoms with Crippen molar-refractivity contribution in [2.24, 2.45) is 0 Å². The van der Waals surface area contributed by atoms with E-state index in [2.05, 4.69) is 10.3 Å². The summed E-state index contributed by atoms with van der Waals surface area (Å²) in [5.41, 5.74) is 2.87. The molecule has 0 bridgehead atoms. The minimum absolute atomic E-state index is 0.00204. The van der Waals surface area contributed by atoms with Crippen molar-refractivity contribution in [2.45, 2.75) is 18.1 Å². The van der Waals surface area contributed by atoms with Crippen LogP contribution in [0.2, 0.25) is 0 Å². The fraction of sp³-hybridized carbons (Fsp3) is 0.115. The lowest BCUT2D eigenvalue weighted by molar-refractivity contribution is -0.152. The number of halogens is 1. The van der Waals surface area contributed by atoms with Gasteiger partial charge in [-0.1, -0.05) is 60.3 Å². The molecule has 1 amide bonds. The fourth-order valence-corrected chi connectivity index (χ4v) is 4.09. The summed E-state index contributed by atoms with van der Waals surface area (Å²) in [5, 5.41) is 4.44. The van der Waals surface area contributed by atoms with E-state index in [0.717, 1.165) is 16.5 Å². The highest BCUT2D eigenvalue weighted by atomic mass is 32.2. The maximum absolute atomic E-state index is 13.2. The number of esters is 1. The van der Waals surface area contributed by atoms with E-state index in [0.29, 0.717) is 16.3 Å². The Morgan fingerprint density at radius 2 is 1.70 bits per heavy atom. The Labute approximate surface area is 195 Å². The standard InChI is InChI=1S/C26H21FN2O3S/c1-17-15-23(29-22-10-6-5-9-21(17)22)33-16-24(30)32-25(18-7-3-2-4-8-18)26(31)28-20-13-11-19(27)12-14-20/h2-15,25H,16H2,1H3,(H,28,31)/t25-/m0/s1. The molecule has 1 atom stereocenters. The topological polar surface area (TPSA) is 68.3 Å². The van der Waals surface area contributed by atoms with Crippen LogP contribution in [0.4, 0.5) is 10.1 Å². The second-order valence-corrected chi connectivity index (χ2v) is 8.36. The van der Waals surface area contributed by atoms with Gasteiger partial charge < -0.3 is 10.1 Å². The number of anilines is 1. The van der Waals surface area contributed by atoms with E-state index in [1.54, 1.807) is 24.3 Å². The predicted octanol–water partition coefficient (Wildman–Crippen LogP) is 5.70. The van der Waals surface area contributed by atoms with Crippen molar-refractivity contribution < 1.29 is 18.7 Å². The summed E-state index contributed by atoms with van der Waals surface area (Å²) in [5.74, 6) is -1.48. The first-order chi connectivity index (χ1) is 16.0. The Morgan fingerprint density at radius 1 is 1.00 bits per heavy atom. The molecule has 0 aliphatic heterocycles. The highest BCUT2D eigenvalue weighted by molar-refractivity contribution is 7.99. The minimum Gasteiger partial charge on any atom is -0.447 e. The van der Waals surface area contributed by atoms with Crippen molar-refractivity contribution in [3.8, 4) is 0 Å². The van der Waals surface area contributed by atoms with Crippen LogP contribution in [0.5, 0.6) is 0 Å². The average Bonchev–Trinajstić information content (AvgIpc) is 2.83. The highest BCUT2D eigenvalue weighted by Gasteiger charge is 2.25. The molecule has 0 unspecified atom stereocenters. The van der Waals surface area contributed by atoms with E-state index in [1.807, 2.05) is 43.3 Å². The van der Waals surface area contributed by atoms with Crippen molar-refractivity contribution in [1.82, 2.24) is 4.98 Å². The number of carbonyl (C=O) groups excluding carboxylic acids is 2. The van der Waals surface area contributed by atoms with Gasteiger partial charge in [-0.25, -0.2) is 9.37 Å². The number of para-hydroxylation sites is 1. The molecular formula is C26H21FN2O3S. The molecule has 0 spiro atoms. The first-order valence-electron chi connectivity index (χ1n) is 10.3. The summed E-state index contributed by atoms with van der Waals surface area (Å²) < 4.78 is 18.7. The summed E-state index contributed by atoms with van der Waals surface area (Å²) >= 11 is 1.25. The van der Waals surface area contributed by atoms with E-state index >= 15 is 0 Å². The van der Waals surface area contributed by atoms with Crippen LogP contribution in [0, 0.1) is 12.7 Å². The predicted molar refractivity (Wildman–Crippen MR) is 128 cm³/mol. The van der Waals surface area contributed by atoms with Crippen molar-refractivity contribution in [1.29, 1.82) is 0 Å². The molecule has 0 aliphatic carbocycles. The summed E-state index contributed by atoms with van der Waals surface area (Å²) in [6.45, 7) is 2.00. The Hall–Kier alpha value is -3.71. The molecule has 1 N–H and O–H groups in total. The first kappa shape index (κ1) is 22.5. The van der Waals surface area contributed by atoms with Gasteiger partial charge in [0.1, 0.15) is 5.82 Å². The van der Waals surface area contributed by atoms with Crippen molar-refractivity contribution >= 4 is 40.2 Å². The number of aromatic nitrogens is 1. The van der Waals surface area contributed by atoms with Gasteiger partial charge >= 0.3 is 5.97 Å². The van der Waals surface area contributed by atoms with Crippen LogP contribution in [-0.4, -0.2) is 22.6 Å². The highest BCUT2D eigenvalue weighted by Crippen LogP contribution is 2.25. The van der Waals surface area contributed by atoms with Gasteiger partial charge in [-0.15, -0.1) is 0 Å². The second kappa shape index (κ2) is 10.3. The Morgan fingerprint density at radius 3 is 2.45 bits per heavy atom. The lowest BCUT2D eigenvalue weighted by Crippen LogP contribution is -2.26. The van der Waals surface area contributed by atoms with Crippen LogP contribution in [0.15, 0.2) is 90.0 Å². The number of thioether (sulfide) groups is 1. The molecule has 0 radical (unpaired) electrons. The molecule has 0 aliphatic rings. The SMILES string of the molecule is Cc1cc(SCC(=O)O[C@H](C(=O)Nc2ccc(F)cc2)c2ccccc2)nc2ccccc12. The fourth-order valence-electron chi connectivity index (χ4n) is 3.33. The number of benzene rings is 3. The summed E-state index contributed by atoms with van der Waals surface area (Å²) in [6.07, 6.45) is -1.14. The number of rotatable bonds is 7. The Kier molecular flexibility index (Phi) is 7.00. The van der Waals surface area contributed by atoms with Crippen LogP contribution in [0.1, 0.15) is 17.2 Å². The van der Waals surface area contributed by atoms with E-state index in [-0.39, 0.29) is 5.75 Å². The van der Waals surface area contributed by atoms with Crippen LogP contribution in [0.3, 0.4) is 0 Å². The maximum Gasteiger partial charge on any atom is 0.317 e. The molecule has 4 rings (SSSR count). The number of nitrogens with one attached hydrogen (secondary N) is 1.